The molecule has 3 heterocycles. The van der Waals surface area contributed by atoms with Crippen LogP contribution in [0.15, 0.2) is 66.1 Å². The Labute approximate surface area is 205 Å². The van der Waals surface area contributed by atoms with Crippen LogP contribution in [-0.2, 0) is 4.79 Å². The minimum atomic E-state index is -0.176. The van der Waals surface area contributed by atoms with Gasteiger partial charge in [0.05, 0.1) is 11.4 Å². The van der Waals surface area contributed by atoms with Crippen molar-refractivity contribution in [1.29, 1.82) is 0 Å². The quantitative estimate of drug-likeness (QED) is 0.386. The number of rotatable bonds is 6. The number of ether oxygens (including phenoxy) is 2. The average molecular weight is 494 g/mol. The van der Waals surface area contributed by atoms with Crippen LogP contribution < -0.4 is 14.8 Å². The Balaban J connectivity index is 1.39. The van der Waals surface area contributed by atoms with Crippen LogP contribution in [0.3, 0.4) is 0 Å². The molecule has 5 rings (SSSR count). The topological polar surface area (TPSA) is 91.2 Å². The Hall–Kier alpha value is -3.56. The van der Waals surface area contributed by atoms with Gasteiger partial charge in [0.15, 0.2) is 22.5 Å². The first-order chi connectivity index (χ1) is 16.6. The highest BCUT2D eigenvalue weighted by molar-refractivity contribution is 7.99. The molecule has 2 aromatic carbocycles. The van der Waals surface area contributed by atoms with Crippen LogP contribution in [0.25, 0.3) is 17.1 Å². The van der Waals surface area contributed by atoms with Crippen molar-refractivity contribution < 1.29 is 14.3 Å². The molecular weight excluding hydrogens is 474 g/mol. The lowest BCUT2D eigenvalue weighted by atomic mass is 10.2. The zero-order chi connectivity index (χ0) is 23.5. The van der Waals surface area contributed by atoms with Gasteiger partial charge in [-0.05, 0) is 48.9 Å². The van der Waals surface area contributed by atoms with E-state index in [2.05, 4.69) is 20.5 Å². The predicted molar refractivity (Wildman–Crippen MR) is 131 cm³/mol. The van der Waals surface area contributed by atoms with Gasteiger partial charge in [-0.15, -0.1) is 10.2 Å². The molecule has 4 aromatic rings. The average Bonchev–Trinajstić information content (AvgIpc) is 3.28. The van der Waals surface area contributed by atoms with Crippen LogP contribution in [0.5, 0.6) is 11.5 Å². The number of hydrogen-bond donors (Lipinski definition) is 1. The first kappa shape index (κ1) is 22.2. The van der Waals surface area contributed by atoms with Crippen LogP contribution in [-0.4, -0.2) is 44.6 Å². The van der Waals surface area contributed by atoms with Gasteiger partial charge in [-0.2, -0.15) is 0 Å². The number of nitrogens with zero attached hydrogens (tertiary/aromatic N) is 4. The smallest absolute Gasteiger partial charge is 0.234 e. The summed E-state index contributed by atoms with van der Waals surface area (Å²) in [4.78, 5) is 16.8. The summed E-state index contributed by atoms with van der Waals surface area (Å²) < 4.78 is 13.0. The van der Waals surface area contributed by atoms with Crippen LogP contribution in [0.4, 0.5) is 5.69 Å². The second-order valence-corrected chi connectivity index (χ2v) is 8.81. The third kappa shape index (κ3) is 4.57. The van der Waals surface area contributed by atoms with Gasteiger partial charge in [0.25, 0.3) is 0 Å². The zero-order valence-electron chi connectivity index (χ0n) is 18.2. The lowest BCUT2D eigenvalue weighted by Gasteiger charge is -2.19. The minimum absolute atomic E-state index is 0.141. The summed E-state index contributed by atoms with van der Waals surface area (Å²) in [6.07, 6.45) is 3.40. The number of carbonyl (C=O) groups is 1. The molecule has 1 aliphatic heterocycles. The second kappa shape index (κ2) is 9.74. The van der Waals surface area contributed by atoms with Gasteiger partial charge in [0, 0.05) is 34.7 Å². The number of carbonyl (C=O) groups excluding carboxylic acids is 1. The van der Waals surface area contributed by atoms with E-state index in [4.69, 9.17) is 21.1 Å². The third-order valence-corrected chi connectivity index (χ3v) is 6.55. The number of halogens is 1. The number of anilines is 1. The van der Waals surface area contributed by atoms with Gasteiger partial charge >= 0.3 is 0 Å². The monoisotopic (exact) mass is 493 g/mol. The Morgan fingerprint density at radius 3 is 2.71 bits per heavy atom. The maximum absolute atomic E-state index is 12.7. The van der Waals surface area contributed by atoms with E-state index in [0.717, 1.165) is 16.8 Å². The Morgan fingerprint density at radius 1 is 1.09 bits per heavy atom. The van der Waals surface area contributed by atoms with Crippen molar-refractivity contribution in [2.75, 3.05) is 24.3 Å². The Bertz CT molecular complexity index is 1350. The number of thioether (sulfide) groups is 1. The number of benzene rings is 2. The van der Waals surface area contributed by atoms with Crippen molar-refractivity contribution in [2.45, 2.75) is 12.1 Å². The molecule has 0 fully saturated rings. The Morgan fingerprint density at radius 2 is 1.88 bits per heavy atom. The molecular formula is C24H20ClN5O3S. The molecule has 0 saturated heterocycles. The summed E-state index contributed by atoms with van der Waals surface area (Å²) in [6.45, 7) is 2.94. The van der Waals surface area contributed by atoms with Gasteiger partial charge in [-0.25, -0.2) is 0 Å². The molecule has 1 amide bonds. The fraction of sp³-hybridized carbons (Fsp3) is 0.167. The molecule has 0 aliphatic carbocycles. The molecule has 10 heteroatoms. The number of pyridine rings is 1. The molecule has 0 unspecified atom stereocenters. The summed E-state index contributed by atoms with van der Waals surface area (Å²) in [5.41, 5.74) is 3.23. The minimum Gasteiger partial charge on any atom is -0.486 e. The van der Waals surface area contributed by atoms with Crippen LogP contribution in [0.1, 0.15) is 5.56 Å². The van der Waals surface area contributed by atoms with Crippen molar-refractivity contribution in [3.8, 4) is 28.6 Å². The van der Waals surface area contributed by atoms with E-state index in [1.165, 1.54) is 11.8 Å². The Kier molecular flexibility index (Phi) is 6.37. The number of hydrogen-bond acceptors (Lipinski definition) is 7. The van der Waals surface area contributed by atoms with E-state index in [-0.39, 0.29) is 11.7 Å². The molecule has 172 valence electrons. The third-order valence-electron chi connectivity index (χ3n) is 5.21. The largest absolute Gasteiger partial charge is 0.486 e. The van der Waals surface area contributed by atoms with Crippen LogP contribution in [0, 0.1) is 6.92 Å². The fourth-order valence-electron chi connectivity index (χ4n) is 3.56. The summed E-state index contributed by atoms with van der Waals surface area (Å²) in [5.74, 6) is 1.90. The van der Waals surface area contributed by atoms with Crippen molar-refractivity contribution >= 4 is 35.0 Å². The first-order valence-corrected chi connectivity index (χ1v) is 11.9. The first-order valence-electron chi connectivity index (χ1n) is 10.5. The van der Waals surface area contributed by atoms with Gasteiger partial charge in [-0.1, -0.05) is 29.4 Å². The van der Waals surface area contributed by atoms with Crippen molar-refractivity contribution in [2.24, 2.45) is 0 Å². The van der Waals surface area contributed by atoms with Gasteiger partial charge in [-0.3, -0.25) is 14.3 Å². The molecule has 8 nitrogen and oxygen atoms in total. The van der Waals surface area contributed by atoms with E-state index < -0.39 is 0 Å². The van der Waals surface area contributed by atoms with Gasteiger partial charge in [0.2, 0.25) is 5.91 Å². The van der Waals surface area contributed by atoms with Crippen molar-refractivity contribution in [3.05, 3.63) is 71.5 Å². The molecule has 1 aliphatic rings. The second-order valence-electron chi connectivity index (χ2n) is 7.46. The molecule has 0 saturated carbocycles. The van der Waals surface area contributed by atoms with Crippen LogP contribution >= 0.6 is 23.4 Å². The summed E-state index contributed by atoms with van der Waals surface area (Å²) in [7, 11) is 0. The lowest BCUT2D eigenvalue weighted by Crippen LogP contribution is -2.17. The number of nitrogens with one attached hydrogen (secondary N) is 1. The summed E-state index contributed by atoms with van der Waals surface area (Å²) in [6, 6.07) is 14.7. The van der Waals surface area contributed by atoms with E-state index in [9.17, 15) is 4.79 Å². The zero-order valence-corrected chi connectivity index (χ0v) is 19.8. The normalized spacial score (nSPS) is 12.4. The fourth-order valence-corrected chi connectivity index (χ4v) is 4.47. The van der Waals surface area contributed by atoms with Crippen molar-refractivity contribution in [3.63, 3.8) is 0 Å². The van der Waals surface area contributed by atoms with E-state index >= 15 is 0 Å². The molecule has 0 radical (unpaired) electrons. The van der Waals surface area contributed by atoms with Gasteiger partial charge < -0.3 is 14.8 Å². The highest BCUT2D eigenvalue weighted by Crippen LogP contribution is 2.34. The highest BCUT2D eigenvalue weighted by Gasteiger charge is 2.20. The molecule has 0 bridgehead atoms. The summed E-state index contributed by atoms with van der Waals surface area (Å²) in [5, 5.41) is 12.9. The highest BCUT2D eigenvalue weighted by atomic mass is 35.5. The molecule has 34 heavy (non-hydrogen) atoms. The van der Waals surface area contributed by atoms with E-state index in [1.807, 2.05) is 41.8 Å². The summed E-state index contributed by atoms with van der Waals surface area (Å²) >= 11 is 7.69. The SMILES string of the molecule is Cc1c(Cl)cccc1-n1c(SCC(=O)Nc2ccc3c(c2)OCCO3)nnc1-c1ccncc1. The maximum atomic E-state index is 12.7. The standard InChI is InChI=1S/C24H20ClN5O3S/c1-15-18(25)3-2-4-19(15)30-23(16-7-9-26-10-8-16)28-29-24(30)34-14-22(31)27-17-5-6-20-21(13-17)33-12-11-32-20/h2-10,13H,11-12,14H2,1H3,(H,27,31). The van der Waals surface area contributed by atoms with Crippen molar-refractivity contribution in [1.82, 2.24) is 19.7 Å². The van der Waals surface area contributed by atoms with E-state index in [1.54, 1.807) is 30.6 Å². The number of fused-ring (bicyclic) bond motifs is 1. The number of aromatic nitrogens is 4. The molecule has 0 spiro atoms. The molecule has 2 aromatic heterocycles. The molecule has 1 N–H and O–H groups in total. The number of amides is 1. The van der Waals surface area contributed by atoms with Crippen LogP contribution in [0.2, 0.25) is 5.02 Å². The maximum Gasteiger partial charge on any atom is 0.234 e. The molecule has 0 atom stereocenters. The predicted octanol–water partition coefficient (Wildman–Crippen LogP) is 4.79. The van der Waals surface area contributed by atoms with E-state index in [0.29, 0.717) is 46.4 Å². The lowest BCUT2D eigenvalue weighted by molar-refractivity contribution is -0.113. The van der Waals surface area contributed by atoms with Gasteiger partial charge in [0.1, 0.15) is 13.2 Å².